The van der Waals surface area contributed by atoms with Crippen LogP contribution in [0.1, 0.15) is 23.5 Å². The number of hydrogen-bond donors (Lipinski definition) is 1. The van der Waals surface area contributed by atoms with E-state index < -0.39 is 0 Å². The van der Waals surface area contributed by atoms with Gasteiger partial charge in [0.1, 0.15) is 0 Å². The molecule has 0 aliphatic heterocycles. The first-order valence-corrected chi connectivity index (χ1v) is 6.41. The average molecular weight is 232 g/mol. The largest absolute Gasteiger partial charge is 0.309 e. The minimum atomic E-state index is 0.434. The molecule has 2 aromatic heterocycles. The number of aromatic nitrogens is 1. The molecule has 3 heteroatoms. The average Bonchev–Trinajstić information content (AvgIpc) is 2.84. The Morgan fingerprint density at radius 3 is 2.94 bits per heavy atom. The highest BCUT2D eigenvalue weighted by molar-refractivity contribution is 7.10. The second-order valence-electron chi connectivity index (χ2n) is 3.76. The van der Waals surface area contributed by atoms with E-state index in [0.717, 1.165) is 18.7 Å². The molecule has 2 rings (SSSR count). The third kappa shape index (κ3) is 3.15. The number of hydrogen-bond acceptors (Lipinski definition) is 3. The topological polar surface area (TPSA) is 24.9 Å². The van der Waals surface area contributed by atoms with Gasteiger partial charge in [0.15, 0.2) is 0 Å². The van der Waals surface area contributed by atoms with Crippen LogP contribution in [0.3, 0.4) is 0 Å². The summed E-state index contributed by atoms with van der Waals surface area (Å²) < 4.78 is 0. The predicted molar refractivity (Wildman–Crippen MR) is 68.7 cm³/mol. The smallest absolute Gasteiger partial charge is 0.0416 e. The lowest BCUT2D eigenvalue weighted by Gasteiger charge is -2.11. The van der Waals surface area contributed by atoms with E-state index in [0.29, 0.717) is 6.04 Å². The molecule has 0 bridgehead atoms. The maximum atomic E-state index is 4.30. The summed E-state index contributed by atoms with van der Waals surface area (Å²) in [5.41, 5.74) is 1.15. The molecule has 0 radical (unpaired) electrons. The molecular weight excluding hydrogens is 216 g/mol. The van der Waals surface area contributed by atoms with E-state index in [2.05, 4.69) is 40.8 Å². The van der Waals surface area contributed by atoms with Crippen LogP contribution in [0.4, 0.5) is 0 Å². The van der Waals surface area contributed by atoms with Crippen LogP contribution in [0.2, 0.25) is 0 Å². The Morgan fingerprint density at radius 2 is 2.25 bits per heavy atom. The van der Waals surface area contributed by atoms with Crippen molar-refractivity contribution in [1.82, 2.24) is 10.3 Å². The second kappa shape index (κ2) is 5.77. The molecule has 0 amide bonds. The minimum Gasteiger partial charge on any atom is -0.309 e. The number of pyridine rings is 1. The van der Waals surface area contributed by atoms with Crippen molar-refractivity contribution in [3.8, 4) is 0 Å². The van der Waals surface area contributed by atoms with Crippen molar-refractivity contribution >= 4 is 11.3 Å². The van der Waals surface area contributed by atoms with Gasteiger partial charge in [-0.05, 0) is 30.5 Å². The first-order valence-electron chi connectivity index (χ1n) is 5.53. The van der Waals surface area contributed by atoms with Gasteiger partial charge in [0.05, 0.1) is 0 Å². The molecule has 2 nitrogen and oxygen atoms in total. The molecule has 0 saturated carbocycles. The summed E-state index contributed by atoms with van der Waals surface area (Å²) >= 11 is 1.80. The fourth-order valence-corrected chi connectivity index (χ4v) is 2.36. The molecule has 0 aliphatic carbocycles. The molecule has 1 N–H and O–H groups in total. The van der Waals surface area contributed by atoms with Gasteiger partial charge < -0.3 is 5.32 Å². The fraction of sp³-hybridized carbons (Fsp3) is 0.308. The summed E-state index contributed by atoms with van der Waals surface area (Å²) in [5, 5.41) is 5.62. The minimum absolute atomic E-state index is 0.434. The molecule has 1 atom stereocenters. The van der Waals surface area contributed by atoms with Crippen molar-refractivity contribution in [2.24, 2.45) is 0 Å². The molecule has 0 fully saturated rings. The van der Waals surface area contributed by atoms with E-state index in [1.54, 1.807) is 11.3 Å². The first-order chi connectivity index (χ1) is 7.86. The molecule has 0 aliphatic rings. The second-order valence-corrected chi connectivity index (χ2v) is 4.74. The third-order valence-corrected chi connectivity index (χ3v) is 3.58. The van der Waals surface area contributed by atoms with E-state index in [1.165, 1.54) is 4.88 Å². The zero-order valence-corrected chi connectivity index (χ0v) is 10.2. The molecule has 0 spiro atoms. The van der Waals surface area contributed by atoms with Crippen molar-refractivity contribution in [2.45, 2.75) is 19.4 Å². The summed E-state index contributed by atoms with van der Waals surface area (Å²) in [5.74, 6) is 0. The summed E-state index contributed by atoms with van der Waals surface area (Å²) in [4.78, 5) is 5.69. The Morgan fingerprint density at radius 1 is 1.31 bits per heavy atom. The van der Waals surface area contributed by atoms with Crippen LogP contribution in [-0.4, -0.2) is 11.5 Å². The van der Waals surface area contributed by atoms with Gasteiger partial charge in [-0.3, -0.25) is 4.98 Å². The fourth-order valence-electron chi connectivity index (χ4n) is 1.60. The van der Waals surface area contributed by atoms with Crippen molar-refractivity contribution < 1.29 is 0 Å². The predicted octanol–water partition coefficient (Wildman–Crippen LogP) is 3.04. The van der Waals surface area contributed by atoms with E-state index in [4.69, 9.17) is 0 Å². The maximum absolute atomic E-state index is 4.30. The number of thiophene rings is 1. The van der Waals surface area contributed by atoms with Gasteiger partial charge in [-0.15, -0.1) is 11.3 Å². The zero-order valence-electron chi connectivity index (χ0n) is 9.39. The Kier molecular flexibility index (Phi) is 4.08. The van der Waals surface area contributed by atoms with Crippen LogP contribution in [0.15, 0.2) is 41.9 Å². The maximum Gasteiger partial charge on any atom is 0.0416 e. The molecule has 2 heterocycles. The Labute approximate surface area is 100 Å². The molecule has 84 valence electrons. The van der Waals surface area contributed by atoms with Crippen LogP contribution in [0.5, 0.6) is 0 Å². The van der Waals surface area contributed by atoms with Crippen LogP contribution in [0.25, 0.3) is 0 Å². The molecule has 16 heavy (non-hydrogen) atoms. The van der Waals surface area contributed by atoms with Crippen molar-refractivity contribution in [3.05, 3.63) is 52.5 Å². The van der Waals surface area contributed by atoms with Gasteiger partial charge in [0.2, 0.25) is 0 Å². The van der Waals surface area contributed by atoms with Gasteiger partial charge in [-0.1, -0.05) is 12.1 Å². The molecule has 2 aromatic rings. The van der Waals surface area contributed by atoms with Crippen molar-refractivity contribution in [3.63, 3.8) is 0 Å². The molecule has 1 unspecified atom stereocenters. The Hall–Kier alpha value is -1.19. The number of rotatable bonds is 5. The highest BCUT2D eigenvalue weighted by Gasteiger charge is 2.04. The molecule has 0 saturated heterocycles. The summed E-state index contributed by atoms with van der Waals surface area (Å²) in [6.45, 7) is 3.17. The lowest BCUT2D eigenvalue weighted by molar-refractivity contribution is 0.581. The highest BCUT2D eigenvalue weighted by atomic mass is 32.1. The monoisotopic (exact) mass is 232 g/mol. The molecular formula is C13H16N2S. The Balaban J connectivity index is 1.76. The summed E-state index contributed by atoms with van der Waals surface area (Å²) in [6, 6.07) is 10.7. The quantitative estimate of drug-likeness (QED) is 0.857. The summed E-state index contributed by atoms with van der Waals surface area (Å²) in [7, 11) is 0. The SMILES string of the molecule is CC(NCCc1ccccn1)c1cccs1. The molecule has 0 aromatic carbocycles. The Bertz CT molecular complexity index is 397. The van der Waals surface area contributed by atoms with E-state index in [9.17, 15) is 0 Å². The zero-order chi connectivity index (χ0) is 11.2. The standard InChI is InChI=1S/C13H16N2S/c1-11(13-6-4-10-16-13)14-9-7-12-5-2-3-8-15-12/h2-6,8,10-11,14H,7,9H2,1H3. The normalized spacial score (nSPS) is 12.6. The van der Waals surface area contributed by atoms with Crippen LogP contribution in [0, 0.1) is 0 Å². The van der Waals surface area contributed by atoms with Crippen LogP contribution in [-0.2, 0) is 6.42 Å². The van der Waals surface area contributed by atoms with E-state index >= 15 is 0 Å². The van der Waals surface area contributed by atoms with E-state index in [-0.39, 0.29) is 0 Å². The number of nitrogens with zero attached hydrogens (tertiary/aromatic N) is 1. The highest BCUT2D eigenvalue weighted by Crippen LogP contribution is 2.17. The number of nitrogens with one attached hydrogen (secondary N) is 1. The lowest BCUT2D eigenvalue weighted by Crippen LogP contribution is -2.20. The third-order valence-electron chi connectivity index (χ3n) is 2.53. The van der Waals surface area contributed by atoms with Gasteiger partial charge in [-0.25, -0.2) is 0 Å². The van der Waals surface area contributed by atoms with Gasteiger partial charge in [0.25, 0.3) is 0 Å². The summed E-state index contributed by atoms with van der Waals surface area (Å²) in [6.07, 6.45) is 2.83. The van der Waals surface area contributed by atoms with Crippen molar-refractivity contribution in [2.75, 3.05) is 6.54 Å². The van der Waals surface area contributed by atoms with Gasteiger partial charge in [-0.2, -0.15) is 0 Å². The van der Waals surface area contributed by atoms with E-state index in [1.807, 2.05) is 18.3 Å². The van der Waals surface area contributed by atoms with Gasteiger partial charge in [0, 0.05) is 35.8 Å². The van der Waals surface area contributed by atoms with Crippen LogP contribution < -0.4 is 5.32 Å². The van der Waals surface area contributed by atoms with Crippen molar-refractivity contribution in [1.29, 1.82) is 0 Å². The lowest BCUT2D eigenvalue weighted by atomic mass is 10.2. The van der Waals surface area contributed by atoms with Gasteiger partial charge >= 0.3 is 0 Å². The van der Waals surface area contributed by atoms with Crippen LogP contribution >= 0.6 is 11.3 Å². The first kappa shape index (κ1) is 11.3.